The van der Waals surface area contributed by atoms with Gasteiger partial charge in [0.1, 0.15) is 22.5 Å². The molecule has 0 aromatic carbocycles. The van der Waals surface area contributed by atoms with Gasteiger partial charge in [-0.25, -0.2) is 4.98 Å². The number of thiophene rings is 1. The van der Waals surface area contributed by atoms with Crippen LogP contribution < -0.4 is 0 Å². The Hall–Kier alpha value is -2.04. The van der Waals surface area contributed by atoms with Gasteiger partial charge >= 0.3 is 0 Å². The molecule has 1 N–H and O–H groups in total. The van der Waals surface area contributed by atoms with Gasteiger partial charge in [0.05, 0.1) is 0 Å². The lowest BCUT2D eigenvalue weighted by Gasteiger charge is -1.88. The summed E-state index contributed by atoms with van der Waals surface area (Å²) in [4.78, 5) is 4.46. The molecule has 0 fully saturated rings. The van der Waals surface area contributed by atoms with Gasteiger partial charge in [-0.1, -0.05) is 0 Å². The average molecular weight is 259 g/mol. The Kier molecular flexibility index (Phi) is 2.44. The minimum atomic E-state index is 0.271. The van der Waals surface area contributed by atoms with Crippen molar-refractivity contribution < 1.29 is 0 Å². The number of rotatable bonds is 2. The van der Waals surface area contributed by atoms with Gasteiger partial charge in [-0.05, 0) is 11.4 Å². The van der Waals surface area contributed by atoms with Gasteiger partial charge in [-0.3, -0.25) is 0 Å². The van der Waals surface area contributed by atoms with Crippen LogP contribution in [-0.2, 0) is 0 Å². The lowest BCUT2D eigenvalue weighted by Crippen LogP contribution is -1.82. The van der Waals surface area contributed by atoms with Crippen molar-refractivity contribution in [1.82, 2.24) is 20.4 Å². The predicted octanol–water partition coefficient (Wildman–Crippen LogP) is 2.53. The summed E-state index contributed by atoms with van der Waals surface area (Å²) in [6.45, 7) is 0. The van der Waals surface area contributed by atoms with E-state index in [0.29, 0.717) is 11.4 Å². The Labute approximate surface area is 104 Å². The van der Waals surface area contributed by atoms with Crippen LogP contribution in [0.15, 0.2) is 22.2 Å². The number of nitriles is 1. The molecule has 0 saturated heterocycles. The first kappa shape index (κ1) is 10.1. The first-order valence-corrected chi connectivity index (χ1v) is 6.50. The number of hydrogen-bond acceptors (Lipinski definition) is 6. The maximum Gasteiger partial charge on any atom is 0.192 e. The number of aromatic nitrogens is 4. The van der Waals surface area contributed by atoms with Crippen LogP contribution in [0.2, 0.25) is 0 Å². The van der Waals surface area contributed by atoms with E-state index in [2.05, 4.69) is 20.4 Å². The summed E-state index contributed by atoms with van der Waals surface area (Å²) in [6.07, 6.45) is 0. The molecule has 82 valence electrons. The maximum absolute atomic E-state index is 8.86. The monoisotopic (exact) mass is 259 g/mol. The van der Waals surface area contributed by atoms with E-state index in [1.54, 1.807) is 11.3 Å². The van der Waals surface area contributed by atoms with Crippen LogP contribution in [0.4, 0.5) is 0 Å². The highest BCUT2D eigenvalue weighted by Crippen LogP contribution is 2.29. The molecule has 3 heterocycles. The Morgan fingerprint density at radius 2 is 2.24 bits per heavy atom. The SMILES string of the molecule is N#Cc1n[nH]nc1-c1csc(-c2ccsc2)n1. The molecule has 0 amide bonds. The minimum Gasteiger partial charge on any atom is -0.234 e. The maximum atomic E-state index is 8.86. The molecule has 5 nitrogen and oxygen atoms in total. The zero-order chi connectivity index (χ0) is 11.7. The highest BCUT2D eigenvalue weighted by Gasteiger charge is 2.14. The molecular weight excluding hydrogens is 254 g/mol. The van der Waals surface area contributed by atoms with E-state index in [-0.39, 0.29) is 5.69 Å². The van der Waals surface area contributed by atoms with E-state index < -0.39 is 0 Å². The molecule has 0 bridgehead atoms. The third kappa shape index (κ3) is 1.73. The average Bonchev–Trinajstić information content (AvgIpc) is 3.09. The summed E-state index contributed by atoms with van der Waals surface area (Å²) in [5.74, 6) is 0. The minimum absolute atomic E-state index is 0.271. The van der Waals surface area contributed by atoms with Crippen LogP contribution in [0.1, 0.15) is 5.69 Å². The fourth-order valence-electron chi connectivity index (χ4n) is 1.39. The van der Waals surface area contributed by atoms with E-state index in [9.17, 15) is 0 Å². The molecule has 0 atom stereocenters. The Balaban J connectivity index is 2.04. The Morgan fingerprint density at radius 1 is 1.29 bits per heavy atom. The van der Waals surface area contributed by atoms with Crippen molar-refractivity contribution >= 4 is 22.7 Å². The highest BCUT2D eigenvalue weighted by molar-refractivity contribution is 7.14. The molecule has 0 aliphatic carbocycles. The topological polar surface area (TPSA) is 78.2 Å². The van der Waals surface area contributed by atoms with Gasteiger partial charge in [0.15, 0.2) is 5.69 Å². The summed E-state index contributed by atoms with van der Waals surface area (Å²) in [7, 11) is 0. The predicted molar refractivity (Wildman–Crippen MR) is 65.5 cm³/mol. The fraction of sp³-hybridized carbons (Fsp3) is 0. The molecule has 7 heteroatoms. The van der Waals surface area contributed by atoms with Crippen LogP contribution in [0, 0.1) is 11.3 Å². The van der Waals surface area contributed by atoms with Gasteiger partial charge in [0.2, 0.25) is 0 Å². The van der Waals surface area contributed by atoms with E-state index >= 15 is 0 Å². The van der Waals surface area contributed by atoms with Gasteiger partial charge < -0.3 is 0 Å². The lowest BCUT2D eigenvalue weighted by atomic mass is 10.3. The second-order valence-electron chi connectivity index (χ2n) is 3.18. The summed E-state index contributed by atoms with van der Waals surface area (Å²) in [5, 5.41) is 25.8. The van der Waals surface area contributed by atoms with Gasteiger partial charge in [0, 0.05) is 16.3 Å². The molecule has 3 rings (SSSR count). The van der Waals surface area contributed by atoms with Crippen molar-refractivity contribution in [2.24, 2.45) is 0 Å². The molecule has 0 saturated carbocycles. The first-order chi connectivity index (χ1) is 8.38. The second kappa shape index (κ2) is 4.08. The zero-order valence-electron chi connectivity index (χ0n) is 8.41. The Bertz CT molecular complexity index is 674. The van der Waals surface area contributed by atoms with Crippen molar-refractivity contribution in [2.75, 3.05) is 0 Å². The van der Waals surface area contributed by atoms with Crippen LogP contribution in [-0.4, -0.2) is 20.4 Å². The van der Waals surface area contributed by atoms with Crippen LogP contribution >= 0.6 is 22.7 Å². The number of H-pyrrole nitrogens is 1. The molecule has 0 aliphatic rings. The highest BCUT2D eigenvalue weighted by atomic mass is 32.1. The number of nitrogens with zero attached hydrogens (tertiary/aromatic N) is 4. The summed E-state index contributed by atoms with van der Waals surface area (Å²) in [6, 6.07) is 4.00. The number of thiazole rings is 1. The molecule has 0 aliphatic heterocycles. The van der Waals surface area contributed by atoms with Crippen molar-refractivity contribution in [1.29, 1.82) is 5.26 Å². The van der Waals surface area contributed by atoms with Crippen molar-refractivity contribution in [3.05, 3.63) is 27.9 Å². The van der Waals surface area contributed by atoms with E-state index in [0.717, 1.165) is 10.6 Å². The summed E-state index contributed by atoms with van der Waals surface area (Å²) < 4.78 is 0. The zero-order valence-corrected chi connectivity index (χ0v) is 10.0. The van der Waals surface area contributed by atoms with Gasteiger partial charge in [0.25, 0.3) is 0 Å². The number of hydrogen-bond donors (Lipinski definition) is 1. The fourth-order valence-corrected chi connectivity index (χ4v) is 2.91. The normalized spacial score (nSPS) is 10.3. The van der Waals surface area contributed by atoms with Crippen LogP contribution in [0.25, 0.3) is 22.0 Å². The van der Waals surface area contributed by atoms with Crippen molar-refractivity contribution in [3.8, 4) is 28.0 Å². The molecular formula is C10H5N5S2. The summed E-state index contributed by atoms with van der Waals surface area (Å²) in [5.41, 5.74) is 2.55. The smallest absolute Gasteiger partial charge is 0.192 e. The summed E-state index contributed by atoms with van der Waals surface area (Å²) >= 11 is 3.16. The molecule has 0 spiro atoms. The molecule has 0 unspecified atom stereocenters. The second-order valence-corrected chi connectivity index (χ2v) is 4.82. The third-order valence-electron chi connectivity index (χ3n) is 2.17. The Morgan fingerprint density at radius 3 is 3.00 bits per heavy atom. The number of nitrogens with one attached hydrogen (secondary N) is 1. The molecule has 0 radical (unpaired) electrons. The van der Waals surface area contributed by atoms with Gasteiger partial charge in [-0.15, -0.1) is 16.4 Å². The third-order valence-corrected chi connectivity index (χ3v) is 3.74. The van der Waals surface area contributed by atoms with E-state index in [1.165, 1.54) is 11.3 Å². The molecule has 3 aromatic rings. The van der Waals surface area contributed by atoms with Crippen LogP contribution in [0.5, 0.6) is 0 Å². The first-order valence-electron chi connectivity index (χ1n) is 4.68. The quantitative estimate of drug-likeness (QED) is 0.767. The van der Waals surface area contributed by atoms with E-state index in [1.807, 2.05) is 28.3 Å². The van der Waals surface area contributed by atoms with Crippen molar-refractivity contribution in [2.45, 2.75) is 0 Å². The largest absolute Gasteiger partial charge is 0.234 e. The van der Waals surface area contributed by atoms with Crippen molar-refractivity contribution in [3.63, 3.8) is 0 Å². The van der Waals surface area contributed by atoms with Crippen LogP contribution in [0.3, 0.4) is 0 Å². The standard InChI is InChI=1S/C10H5N5S2/c11-3-7-9(14-15-13-7)8-5-17-10(12-8)6-1-2-16-4-6/h1-2,4-5H,(H,13,14,15). The lowest BCUT2D eigenvalue weighted by molar-refractivity contribution is 0.936. The van der Waals surface area contributed by atoms with Gasteiger partial charge in [-0.2, -0.15) is 26.9 Å². The van der Waals surface area contributed by atoms with E-state index in [4.69, 9.17) is 5.26 Å². The molecule has 17 heavy (non-hydrogen) atoms. The number of aromatic amines is 1. The molecule has 3 aromatic heterocycles.